The average Bonchev–Trinajstić information content (AvgIpc) is 0.755. The Kier molecular flexibility index (Phi) is 40.2. The number of carbonyl (C=O) groups excluding carboxylic acids is 6. The summed E-state index contributed by atoms with van der Waals surface area (Å²) < 4.78 is 111. The van der Waals surface area contributed by atoms with Crippen LogP contribution in [-0.2, 0) is 114 Å². The molecule has 129 heavy (non-hydrogen) atoms. The van der Waals surface area contributed by atoms with Gasteiger partial charge in [0.05, 0.1) is 78.7 Å². The molecule has 57 nitrogen and oxygen atoms in total. The first-order valence-electron chi connectivity index (χ1n) is 41.0. The number of aliphatic hydroxyl groups excluding tert-OH is 27. The Morgan fingerprint density at radius 1 is 0.264 bits per heavy atom. The van der Waals surface area contributed by atoms with E-state index in [1.807, 2.05) is 0 Å². The predicted octanol–water partition coefficient (Wildman–Crippen LogP) is -22.3. The van der Waals surface area contributed by atoms with Crippen molar-refractivity contribution in [1.29, 1.82) is 0 Å². The minimum absolute atomic E-state index is 0.857. The summed E-state index contributed by atoms with van der Waals surface area (Å²) in [6, 6.07) is -11.8. The average molecular weight is 1890 g/mol. The van der Waals surface area contributed by atoms with Gasteiger partial charge in [0.15, 0.2) is 56.6 Å². The van der Waals surface area contributed by atoms with Gasteiger partial charge in [0.25, 0.3) is 0 Å². The SMILES string of the molecule is CC(=O)N[C@H]1[C@H](O[C@@H]([C@H](O)[C@H](CO)NC(C)=O)[C@H](O)CO)O[C@H](CO)[C@@H](O[C@@H]2O[C@H](CO[C@H]3O[C@H](CO)[C@@H](O)[C@H](O)[C@@H]3O[C@@H]3O[C@H](CO)[C@@H](O[C@@H]4O[C@H](CO)[C@H](O)[C@H](O)[C@H]4O)[C@H](O)[C@H]3NC(C)=O)[C@@H](O[C@@H]3O[C@H](CO)[C@@H](O)[C@H](O)[C@H]3NC(C)=O)[C@H](O[C@H]3O[C@H](CO)[C@@H](O[C@@H]4O[C@H](CO)[C@@H](O)[C@H](O)[C@H]4NC(C)=O)[C@H](O)[C@@H]3O[C@@H]3O[C@H](CO)[C@@H](O)[C@H](O)[C@H]3NC(C)=O)[C@@H]2O)[C@@H]1O. The molecule has 9 saturated heterocycles. The van der Waals surface area contributed by atoms with Crippen LogP contribution in [0.5, 0.6) is 0 Å². The number of aliphatic hydroxyl groups is 27. The van der Waals surface area contributed by atoms with E-state index < -0.39 is 409 Å². The number of rotatable bonds is 38. The molecule has 9 fully saturated rings. The third-order valence-corrected chi connectivity index (χ3v) is 22.9. The summed E-state index contributed by atoms with van der Waals surface area (Å²) in [6.45, 7) is -7.86. The zero-order chi connectivity index (χ0) is 95.5. The number of hydrogen-bond acceptors (Lipinski definition) is 51. The summed E-state index contributed by atoms with van der Waals surface area (Å²) in [5, 5.41) is 319. The highest BCUT2D eigenvalue weighted by atomic mass is 16.8. The summed E-state index contributed by atoms with van der Waals surface area (Å²) in [5.74, 6) is -5.86. The zero-order valence-corrected chi connectivity index (χ0v) is 69.9. The van der Waals surface area contributed by atoms with Gasteiger partial charge in [0, 0.05) is 41.5 Å². The van der Waals surface area contributed by atoms with Gasteiger partial charge >= 0.3 is 0 Å². The smallest absolute Gasteiger partial charge is 0.217 e. The molecule has 0 spiro atoms. The Morgan fingerprint density at radius 2 is 0.550 bits per heavy atom. The van der Waals surface area contributed by atoms with Crippen LogP contribution in [0.3, 0.4) is 0 Å². The van der Waals surface area contributed by atoms with Crippen molar-refractivity contribution in [2.75, 3.05) is 72.7 Å². The maximum Gasteiger partial charge on any atom is 0.217 e. The normalized spacial score (nSPS) is 45.0. The fourth-order valence-corrected chi connectivity index (χ4v) is 16.3. The molecular formula is C72H122N6O51. The van der Waals surface area contributed by atoms with Gasteiger partial charge in [-0.05, 0) is 0 Å². The fourth-order valence-electron chi connectivity index (χ4n) is 16.3. The molecule has 0 aromatic carbocycles. The van der Waals surface area contributed by atoms with Gasteiger partial charge in [-0.15, -0.1) is 0 Å². The lowest BCUT2D eigenvalue weighted by atomic mass is 9.93. The Labute approximate surface area is 731 Å². The maximum atomic E-state index is 13.5. The number of amides is 6. The van der Waals surface area contributed by atoms with Crippen molar-refractivity contribution in [2.24, 2.45) is 0 Å². The molecule has 0 radical (unpaired) electrons. The van der Waals surface area contributed by atoms with Crippen LogP contribution in [0, 0.1) is 0 Å². The minimum atomic E-state index is -2.85. The van der Waals surface area contributed by atoms with Crippen LogP contribution < -0.4 is 31.9 Å². The highest BCUT2D eigenvalue weighted by Crippen LogP contribution is 2.42. The van der Waals surface area contributed by atoms with Crippen LogP contribution in [0.15, 0.2) is 0 Å². The van der Waals surface area contributed by atoms with E-state index in [1.165, 1.54) is 0 Å². The first-order valence-corrected chi connectivity index (χ1v) is 41.0. The molecule has 0 saturated carbocycles. The van der Waals surface area contributed by atoms with Crippen molar-refractivity contribution in [3.63, 3.8) is 0 Å². The Bertz CT molecular complexity index is 3520. The van der Waals surface area contributed by atoms with Crippen LogP contribution in [0.25, 0.3) is 0 Å². The monoisotopic (exact) mass is 1890 g/mol. The molecule has 9 heterocycles. The van der Waals surface area contributed by atoms with Gasteiger partial charge in [0.1, 0.15) is 238 Å². The lowest BCUT2D eigenvalue weighted by Crippen LogP contribution is -2.72. The topological polar surface area (TPSA) is 887 Å². The number of hydrogen-bond donors (Lipinski definition) is 33. The highest BCUT2D eigenvalue weighted by Gasteiger charge is 2.63. The molecule has 0 aromatic heterocycles. The van der Waals surface area contributed by atoms with Gasteiger partial charge in [-0.25, -0.2) is 0 Å². The Morgan fingerprint density at radius 3 is 0.930 bits per heavy atom. The van der Waals surface area contributed by atoms with Crippen molar-refractivity contribution in [3.8, 4) is 0 Å². The van der Waals surface area contributed by atoms with Gasteiger partial charge in [-0.2, -0.15) is 0 Å². The first-order chi connectivity index (χ1) is 61.0. The van der Waals surface area contributed by atoms with E-state index in [-0.39, 0.29) is 0 Å². The molecule has 9 rings (SSSR count). The summed E-state index contributed by atoms with van der Waals surface area (Å²) >= 11 is 0. The third kappa shape index (κ3) is 25.1. The molecule has 49 atom stereocenters. The van der Waals surface area contributed by atoms with E-state index in [4.69, 9.17) is 85.3 Å². The second-order valence-corrected chi connectivity index (χ2v) is 32.2. The quantitative estimate of drug-likeness (QED) is 0.0273. The minimum Gasteiger partial charge on any atom is -0.394 e. The fraction of sp³-hybridized carbons (Fsp3) is 0.917. The van der Waals surface area contributed by atoms with Crippen molar-refractivity contribution < 1.29 is 252 Å². The van der Waals surface area contributed by atoms with Crippen LogP contribution in [0.2, 0.25) is 0 Å². The van der Waals surface area contributed by atoms with E-state index >= 15 is 0 Å². The highest BCUT2D eigenvalue weighted by molar-refractivity contribution is 5.75. The van der Waals surface area contributed by atoms with Crippen LogP contribution in [0.4, 0.5) is 0 Å². The van der Waals surface area contributed by atoms with Crippen molar-refractivity contribution >= 4 is 35.4 Å². The van der Waals surface area contributed by atoms with E-state index in [1.54, 1.807) is 0 Å². The molecule has 0 aliphatic carbocycles. The van der Waals surface area contributed by atoms with Gasteiger partial charge in [-0.1, -0.05) is 0 Å². The molecule has 33 N–H and O–H groups in total. The van der Waals surface area contributed by atoms with Crippen molar-refractivity contribution in [3.05, 3.63) is 0 Å². The third-order valence-electron chi connectivity index (χ3n) is 22.9. The summed E-state index contributed by atoms with van der Waals surface area (Å²) in [5.41, 5.74) is 0. The lowest BCUT2D eigenvalue weighted by Gasteiger charge is -2.53. The summed E-state index contributed by atoms with van der Waals surface area (Å²) in [4.78, 5) is 77.7. The van der Waals surface area contributed by atoms with Crippen molar-refractivity contribution in [2.45, 2.75) is 342 Å². The summed E-state index contributed by atoms with van der Waals surface area (Å²) in [7, 11) is 0. The molecule has 9 aliphatic rings. The lowest BCUT2D eigenvalue weighted by molar-refractivity contribution is -0.412. The van der Waals surface area contributed by atoms with E-state index in [0.717, 1.165) is 41.5 Å². The number of ether oxygens (including phenoxy) is 18. The van der Waals surface area contributed by atoms with Crippen LogP contribution in [0.1, 0.15) is 41.5 Å². The maximum absolute atomic E-state index is 13.5. The predicted molar refractivity (Wildman–Crippen MR) is 401 cm³/mol. The molecule has 9 aliphatic heterocycles. The molecule has 0 unspecified atom stereocenters. The first kappa shape index (κ1) is 108. The Balaban J connectivity index is 1.22. The molecular weight excluding hydrogens is 1760 g/mol. The largest absolute Gasteiger partial charge is 0.394 e. The Hall–Kier alpha value is -4.98. The zero-order valence-electron chi connectivity index (χ0n) is 69.9. The van der Waals surface area contributed by atoms with E-state index in [2.05, 4.69) is 31.9 Å². The molecule has 0 aromatic rings. The second-order valence-electron chi connectivity index (χ2n) is 32.2. The van der Waals surface area contributed by atoms with Crippen molar-refractivity contribution in [1.82, 2.24) is 31.9 Å². The molecule has 57 heteroatoms. The van der Waals surface area contributed by atoms with Gasteiger partial charge in [0.2, 0.25) is 35.4 Å². The molecule has 6 amide bonds. The molecule has 0 bridgehead atoms. The second kappa shape index (κ2) is 48.2. The van der Waals surface area contributed by atoms with Crippen LogP contribution >= 0.6 is 0 Å². The number of nitrogens with one attached hydrogen (secondary N) is 6. The summed E-state index contributed by atoms with van der Waals surface area (Å²) in [6.07, 6.45) is -96.4. The molecule has 746 valence electrons. The van der Waals surface area contributed by atoms with Gasteiger partial charge in [-0.3, -0.25) is 28.8 Å². The van der Waals surface area contributed by atoms with E-state index in [0.29, 0.717) is 0 Å². The van der Waals surface area contributed by atoms with Gasteiger partial charge < -0.3 is 255 Å². The standard InChI is InChI=1S/C72H122N6O51/c1-18(89)73-24(7-79)40(96)56(25(95)8-80)122-67-38(77-22(5)93)49(105)58(32(15-87)118-67)125-70-55(111)61(127-72-63(129-66-37(76-21(4)92)48(104)43(99)28(11-83)115-66)54(110)59(33(16-88)120-72)123-64-35(74-19(2)90)46(102)41(97)26(9-81)113-64)60(126-65-36(75-20(3)91)47(103)42(98)27(10-82)114-65)34(121-70)17-112-71-62(52(108)45(101)30(13-85)117-71)128-68-39(78-23(6)94)50(106)57(31(14-86)119-68)124-69-53(109)51(107)44(100)29(12-84)116-69/h24-72,79-88,95-111H,7-17H2,1-6H3,(H,73,89)(H,74,90)(H,75,91)(H,76,92)(H,77,93)(H,78,94)/t24-,25+,26+,27+,28+,29+,30+,31+,32+,33+,34+,35+,36+,37+,38+,39+,40+,41+,42+,43+,44-,45+,46+,47+,48+,49+,50+,51-,52-,53+,54-,55-,56+,57+,58+,59+,60+,61+,62-,63-,64-,65-,66-,67-,68-,69-,70-,71-,72+/m0/s1. The number of carbonyl (C=O) groups is 6. The van der Waals surface area contributed by atoms with Crippen LogP contribution in [-0.4, -0.2) is 546 Å². The van der Waals surface area contributed by atoms with E-state index in [9.17, 15) is 167 Å².